The Morgan fingerprint density at radius 3 is 2.62 bits per heavy atom. The van der Waals surface area contributed by atoms with Gasteiger partial charge in [-0.3, -0.25) is 0 Å². The van der Waals surface area contributed by atoms with E-state index >= 15 is 0 Å². The third kappa shape index (κ3) is 2.44. The maximum atomic E-state index is 5.81. The molecule has 0 saturated heterocycles. The first-order valence-corrected chi connectivity index (χ1v) is 7.97. The Hall–Kier alpha value is -1.80. The van der Waals surface area contributed by atoms with E-state index in [0.717, 1.165) is 12.4 Å². The highest BCUT2D eigenvalue weighted by Crippen LogP contribution is 2.36. The summed E-state index contributed by atoms with van der Waals surface area (Å²) in [7, 11) is 0. The van der Waals surface area contributed by atoms with Crippen molar-refractivity contribution in [3.63, 3.8) is 0 Å². The summed E-state index contributed by atoms with van der Waals surface area (Å²) in [5.41, 5.74) is 4.30. The molecule has 0 radical (unpaired) electrons. The van der Waals surface area contributed by atoms with Crippen LogP contribution in [0.25, 0.3) is 0 Å². The zero-order valence-corrected chi connectivity index (χ0v) is 12.2. The standard InChI is InChI=1S/C19H21NO/c1-3-9-15-14(7-1)8-2-5-11-17(15)20-18-13-21-19-12-6-4-10-16(18)19/h1,3-4,6-7,9-10,12,17-18,20H,2,5,8,11,13H2. The smallest absolute Gasteiger partial charge is 0.124 e. The quantitative estimate of drug-likeness (QED) is 0.833. The fourth-order valence-corrected chi connectivity index (χ4v) is 3.64. The van der Waals surface area contributed by atoms with Gasteiger partial charge in [0.2, 0.25) is 0 Å². The number of nitrogens with one attached hydrogen (secondary N) is 1. The van der Waals surface area contributed by atoms with Crippen molar-refractivity contribution >= 4 is 0 Å². The molecule has 2 heteroatoms. The van der Waals surface area contributed by atoms with E-state index in [2.05, 4.69) is 47.8 Å². The van der Waals surface area contributed by atoms with Gasteiger partial charge < -0.3 is 10.1 Å². The van der Waals surface area contributed by atoms with Crippen molar-refractivity contribution < 1.29 is 4.74 Å². The number of fused-ring (bicyclic) bond motifs is 2. The Kier molecular flexibility index (Phi) is 3.40. The predicted molar refractivity (Wildman–Crippen MR) is 84.6 cm³/mol. The first-order valence-electron chi connectivity index (χ1n) is 7.97. The number of ether oxygens (including phenoxy) is 1. The summed E-state index contributed by atoms with van der Waals surface area (Å²) in [6, 6.07) is 18.1. The Morgan fingerprint density at radius 2 is 1.67 bits per heavy atom. The summed E-state index contributed by atoms with van der Waals surface area (Å²) in [4.78, 5) is 0. The minimum absolute atomic E-state index is 0.317. The van der Waals surface area contributed by atoms with E-state index < -0.39 is 0 Å². The molecular weight excluding hydrogens is 258 g/mol. The van der Waals surface area contributed by atoms with Crippen molar-refractivity contribution in [2.24, 2.45) is 0 Å². The lowest BCUT2D eigenvalue weighted by molar-refractivity contribution is 0.293. The Bertz CT molecular complexity index is 637. The fourth-order valence-electron chi connectivity index (χ4n) is 3.64. The number of rotatable bonds is 2. The van der Waals surface area contributed by atoms with Crippen molar-refractivity contribution in [1.82, 2.24) is 5.32 Å². The molecule has 0 fully saturated rings. The molecule has 2 nitrogen and oxygen atoms in total. The number of hydrogen-bond donors (Lipinski definition) is 1. The molecule has 1 aliphatic heterocycles. The second-order valence-electron chi connectivity index (χ2n) is 6.07. The molecular formula is C19H21NO. The Balaban J connectivity index is 1.61. The highest BCUT2D eigenvalue weighted by Gasteiger charge is 2.27. The van der Waals surface area contributed by atoms with Crippen LogP contribution in [-0.4, -0.2) is 6.61 Å². The van der Waals surface area contributed by atoms with Gasteiger partial charge in [-0.2, -0.15) is 0 Å². The monoisotopic (exact) mass is 279 g/mol. The minimum atomic E-state index is 0.317. The van der Waals surface area contributed by atoms with E-state index in [9.17, 15) is 0 Å². The van der Waals surface area contributed by atoms with E-state index in [-0.39, 0.29) is 0 Å². The molecule has 0 spiro atoms. The van der Waals surface area contributed by atoms with E-state index in [0.29, 0.717) is 12.1 Å². The van der Waals surface area contributed by atoms with Gasteiger partial charge in [0.1, 0.15) is 12.4 Å². The van der Waals surface area contributed by atoms with E-state index in [4.69, 9.17) is 4.74 Å². The Morgan fingerprint density at radius 1 is 0.857 bits per heavy atom. The van der Waals surface area contributed by atoms with Crippen LogP contribution in [0.1, 0.15) is 48.0 Å². The zero-order valence-electron chi connectivity index (χ0n) is 12.2. The van der Waals surface area contributed by atoms with Crippen LogP contribution >= 0.6 is 0 Å². The van der Waals surface area contributed by atoms with Gasteiger partial charge in [-0.1, -0.05) is 48.9 Å². The normalized spacial score (nSPS) is 23.8. The van der Waals surface area contributed by atoms with Crippen LogP contribution in [0.3, 0.4) is 0 Å². The average Bonchev–Trinajstić information content (AvgIpc) is 2.82. The van der Waals surface area contributed by atoms with Gasteiger partial charge in [-0.15, -0.1) is 0 Å². The van der Waals surface area contributed by atoms with Crippen LogP contribution in [0.4, 0.5) is 0 Å². The van der Waals surface area contributed by atoms with Gasteiger partial charge in [0, 0.05) is 11.6 Å². The van der Waals surface area contributed by atoms with Gasteiger partial charge in [-0.25, -0.2) is 0 Å². The summed E-state index contributed by atoms with van der Waals surface area (Å²) in [6.07, 6.45) is 5.02. The molecule has 1 N–H and O–H groups in total. The second kappa shape index (κ2) is 5.53. The third-order valence-electron chi connectivity index (χ3n) is 4.72. The van der Waals surface area contributed by atoms with Gasteiger partial charge >= 0.3 is 0 Å². The van der Waals surface area contributed by atoms with Gasteiger partial charge in [0.15, 0.2) is 0 Å². The molecule has 0 amide bonds. The minimum Gasteiger partial charge on any atom is -0.491 e. The SMILES string of the molecule is c1ccc2c(c1)CCCCC2NC1COc2ccccc21. The number of benzene rings is 2. The summed E-state index contributed by atoms with van der Waals surface area (Å²) in [6.45, 7) is 0.748. The van der Waals surface area contributed by atoms with Gasteiger partial charge in [0.05, 0.1) is 6.04 Å². The molecule has 0 aromatic heterocycles. The average molecular weight is 279 g/mol. The lowest BCUT2D eigenvalue weighted by atomic mass is 9.97. The molecule has 21 heavy (non-hydrogen) atoms. The van der Waals surface area contributed by atoms with E-state index in [1.807, 2.05) is 6.07 Å². The maximum absolute atomic E-state index is 5.81. The molecule has 2 aromatic carbocycles. The summed E-state index contributed by atoms with van der Waals surface area (Å²) < 4.78 is 5.81. The number of aryl methyl sites for hydroxylation is 1. The molecule has 0 bridgehead atoms. The summed E-state index contributed by atoms with van der Waals surface area (Å²) in [5.74, 6) is 1.04. The molecule has 2 aromatic rings. The first-order chi connectivity index (χ1) is 10.4. The highest BCUT2D eigenvalue weighted by atomic mass is 16.5. The van der Waals surface area contributed by atoms with Crippen molar-refractivity contribution in [3.8, 4) is 5.75 Å². The van der Waals surface area contributed by atoms with Gasteiger partial charge in [-0.05, 0) is 36.5 Å². The topological polar surface area (TPSA) is 21.3 Å². The number of hydrogen-bond acceptors (Lipinski definition) is 2. The highest BCUT2D eigenvalue weighted by molar-refractivity contribution is 5.40. The molecule has 2 unspecified atom stereocenters. The molecule has 2 aliphatic rings. The lowest BCUT2D eigenvalue weighted by Gasteiger charge is -2.23. The van der Waals surface area contributed by atoms with Crippen LogP contribution in [0.5, 0.6) is 5.75 Å². The van der Waals surface area contributed by atoms with Crippen LogP contribution < -0.4 is 10.1 Å². The summed E-state index contributed by atoms with van der Waals surface area (Å²) >= 11 is 0. The second-order valence-corrected chi connectivity index (χ2v) is 6.07. The summed E-state index contributed by atoms with van der Waals surface area (Å²) in [5, 5.41) is 3.85. The van der Waals surface area contributed by atoms with Crippen molar-refractivity contribution in [2.45, 2.75) is 37.8 Å². The van der Waals surface area contributed by atoms with Crippen molar-refractivity contribution in [3.05, 3.63) is 65.2 Å². The molecule has 2 atom stereocenters. The van der Waals surface area contributed by atoms with Crippen LogP contribution in [0.2, 0.25) is 0 Å². The van der Waals surface area contributed by atoms with Crippen LogP contribution in [-0.2, 0) is 6.42 Å². The molecule has 4 rings (SSSR count). The number of para-hydroxylation sites is 1. The van der Waals surface area contributed by atoms with E-state index in [1.165, 1.54) is 42.4 Å². The van der Waals surface area contributed by atoms with Crippen LogP contribution in [0.15, 0.2) is 48.5 Å². The van der Waals surface area contributed by atoms with Crippen molar-refractivity contribution in [1.29, 1.82) is 0 Å². The van der Waals surface area contributed by atoms with Gasteiger partial charge in [0.25, 0.3) is 0 Å². The van der Waals surface area contributed by atoms with Crippen molar-refractivity contribution in [2.75, 3.05) is 6.61 Å². The van der Waals surface area contributed by atoms with Crippen LogP contribution in [0, 0.1) is 0 Å². The Labute approximate surface area is 126 Å². The lowest BCUT2D eigenvalue weighted by Crippen LogP contribution is -2.27. The fraction of sp³-hybridized carbons (Fsp3) is 0.368. The zero-order chi connectivity index (χ0) is 14.1. The predicted octanol–water partition coefficient (Wildman–Crippen LogP) is 4.18. The first kappa shape index (κ1) is 12.9. The largest absolute Gasteiger partial charge is 0.491 e. The molecule has 1 aliphatic carbocycles. The maximum Gasteiger partial charge on any atom is 0.124 e. The molecule has 0 saturated carbocycles. The molecule has 108 valence electrons. The van der Waals surface area contributed by atoms with E-state index in [1.54, 1.807) is 0 Å². The molecule has 1 heterocycles. The third-order valence-corrected chi connectivity index (χ3v) is 4.72.